The van der Waals surface area contributed by atoms with Crippen LogP contribution in [0.3, 0.4) is 0 Å². The van der Waals surface area contributed by atoms with E-state index in [9.17, 15) is 0 Å². The zero-order valence-electron chi connectivity index (χ0n) is 11.6. The number of hydrogen-bond acceptors (Lipinski definition) is 3. The van der Waals surface area contributed by atoms with E-state index in [2.05, 4.69) is 40.1 Å². The van der Waals surface area contributed by atoms with E-state index < -0.39 is 0 Å². The molecule has 3 rings (SSSR count). The molecule has 21 heavy (non-hydrogen) atoms. The first kappa shape index (κ1) is 13.9. The van der Waals surface area contributed by atoms with Crippen LogP contribution in [0.15, 0.2) is 57.5 Å². The Labute approximate surface area is 131 Å². The van der Waals surface area contributed by atoms with Crippen LogP contribution in [0.1, 0.15) is 12.5 Å². The molecule has 1 heterocycles. The van der Waals surface area contributed by atoms with E-state index in [-0.39, 0.29) is 0 Å². The molecule has 0 atom stereocenters. The van der Waals surface area contributed by atoms with Crippen LogP contribution in [0.2, 0.25) is 0 Å². The molecule has 0 unspecified atom stereocenters. The maximum atomic E-state index is 6.01. The maximum Gasteiger partial charge on any atom is 0.176 e. The van der Waals surface area contributed by atoms with Crippen LogP contribution in [0.25, 0.3) is 22.5 Å². The molecule has 0 saturated heterocycles. The lowest BCUT2D eigenvalue weighted by molar-refractivity contribution is 0.436. The lowest BCUT2D eigenvalue weighted by atomic mass is 10.0. The molecule has 0 bridgehead atoms. The van der Waals surface area contributed by atoms with E-state index in [0.717, 1.165) is 27.6 Å². The van der Waals surface area contributed by atoms with E-state index in [4.69, 9.17) is 10.3 Å². The second-order valence-electron chi connectivity index (χ2n) is 4.80. The summed E-state index contributed by atoms with van der Waals surface area (Å²) in [7, 11) is 0. The number of halogens is 1. The third-order valence-electron chi connectivity index (χ3n) is 3.49. The molecule has 0 aliphatic heterocycles. The predicted octanol–water partition coefficient (Wildman–Crippen LogP) is 4.92. The van der Waals surface area contributed by atoms with E-state index >= 15 is 0 Å². The van der Waals surface area contributed by atoms with Crippen LogP contribution in [0.5, 0.6) is 0 Å². The summed E-state index contributed by atoms with van der Waals surface area (Å²) < 4.78 is 6.43. The van der Waals surface area contributed by atoms with Crippen molar-refractivity contribution in [3.8, 4) is 22.5 Å². The van der Waals surface area contributed by atoms with Gasteiger partial charge in [-0.3, -0.25) is 0 Å². The van der Waals surface area contributed by atoms with Gasteiger partial charge in [-0.25, -0.2) is 0 Å². The Morgan fingerprint density at radius 3 is 2.48 bits per heavy atom. The molecular formula is C17H15BrN2O. The number of aromatic nitrogens is 1. The largest absolute Gasteiger partial charge is 0.380 e. The molecule has 0 aliphatic carbocycles. The average Bonchev–Trinajstić information content (AvgIpc) is 2.89. The van der Waals surface area contributed by atoms with E-state index in [1.54, 1.807) is 0 Å². The van der Waals surface area contributed by atoms with Crippen LogP contribution >= 0.6 is 15.9 Å². The zero-order chi connectivity index (χ0) is 14.8. The third-order valence-corrected chi connectivity index (χ3v) is 4.18. The van der Waals surface area contributed by atoms with Gasteiger partial charge < -0.3 is 10.3 Å². The minimum absolute atomic E-state index is 0.400. The highest BCUT2D eigenvalue weighted by Crippen LogP contribution is 2.39. The summed E-state index contributed by atoms with van der Waals surface area (Å²) in [5, 5.41) is 3.93. The molecule has 0 saturated carbocycles. The molecule has 1 aromatic heterocycles. The highest BCUT2D eigenvalue weighted by molar-refractivity contribution is 9.10. The van der Waals surface area contributed by atoms with E-state index in [0.29, 0.717) is 11.6 Å². The molecule has 3 aromatic rings. The highest BCUT2D eigenvalue weighted by Gasteiger charge is 2.19. The lowest BCUT2D eigenvalue weighted by Gasteiger charge is -2.05. The van der Waals surface area contributed by atoms with Gasteiger partial charge in [-0.2, -0.15) is 0 Å². The monoisotopic (exact) mass is 342 g/mol. The fourth-order valence-electron chi connectivity index (χ4n) is 2.32. The molecule has 2 aromatic carbocycles. The smallest absolute Gasteiger partial charge is 0.176 e. The van der Waals surface area contributed by atoms with Gasteiger partial charge in [-0.1, -0.05) is 70.5 Å². The predicted molar refractivity (Wildman–Crippen MR) is 88.9 cm³/mol. The molecule has 0 spiro atoms. The quantitative estimate of drug-likeness (QED) is 0.735. The van der Waals surface area contributed by atoms with Crippen molar-refractivity contribution in [3.05, 3.63) is 58.6 Å². The number of nitrogens with two attached hydrogens (primary N) is 1. The van der Waals surface area contributed by atoms with Gasteiger partial charge in [0.15, 0.2) is 11.6 Å². The van der Waals surface area contributed by atoms with Crippen molar-refractivity contribution in [2.24, 2.45) is 0 Å². The van der Waals surface area contributed by atoms with Gasteiger partial charge in [0.05, 0.1) is 5.56 Å². The minimum atomic E-state index is 0.400. The standard InChI is InChI=1S/C17H15BrN2O/c1-2-11-7-9-12(10-8-11)16-15(17(19)20-21-16)13-5-3-4-6-14(13)18/h3-10H,2H2,1H3,(H2,19,20). The number of benzene rings is 2. The highest BCUT2D eigenvalue weighted by atomic mass is 79.9. The molecule has 3 nitrogen and oxygen atoms in total. The summed E-state index contributed by atoms with van der Waals surface area (Å²) in [6, 6.07) is 16.2. The Balaban J connectivity index is 2.15. The Hall–Kier alpha value is -2.07. The van der Waals surface area contributed by atoms with Gasteiger partial charge in [-0.15, -0.1) is 0 Å². The summed E-state index contributed by atoms with van der Waals surface area (Å²) in [4.78, 5) is 0. The van der Waals surface area contributed by atoms with Crippen molar-refractivity contribution in [1.82, 2.24) is 5.16 Å². The summed E-state index contributed by atoms with van der Waals surface area (Å²) in [5.41, 5.74) is 10.1. The third kappa shape index (κ3) is 2.59. The van der Waals surface area contributed by atoms with Crippen LogP contribution in [0.4, 0.5) is 5.82 Å². The van der Waals surface area contributed by atoms with Crippen LogP contribution in [-0.2, 0) is 6.42 Å². The molecule has 4 heteroatoms. The second-order valence-corrected chi connectivity index (χ2v) is 5.66. The van der Waals surface area contributed by atoms with Gasteiger partial charge in [0.25, 0.3) is 0 Å². The van der Waals surface area contributed by atoms with E-state index in [1.165, 1.54) is 5.56 Å². The van der Waals surface area contributed by atoms with E-state index in [1.807, 2.05) is 36.4 Å². The van der Waals surface area contributed by atoms with Gasteiger partial charge in [0.1, 0.15) is 0 Å². The molecule has 0 amide bonds. The first-order valence-corrected chi connectivity index (χ1v) is 7.59. The van der Waals surface area contributed by atoms with Crippen molar-refractivity contribution >= 4 is 21.7 Å². The van der Waals surface area contributed by atoms with Crippen molar-refractivity contribution in [3.63, 3.8) is 0 Å². The SMILES string of the molecule is CCc1ccc(-c2onc(N)c2-c2ccccc2Br)cc1. The van der Waals surface area contributed by atoms with Crippen LogP contribution < -0.4 is 5.73 Å². The molecule has 0 aliphatic rings. The topological polar surface area (TPSA) is 52.0 Å². The van der Waals surface area contributed by atoms with Gasteiger partial charge in [0, 0.05) is 15.6 Å². The molecule has 106 valence electrons. The molecule has 2 N–H and O–H groups in total. The Bertz CT molecular complexity index is 763. The van der Waals surface area contributed by atoms with Crippen molar-refractivity contribution in [1.29, 1.82) is 0 Å². The first-order valence-electron chi connectivity index (χ1n) is 6.80. The van der Waals surface area contributed by atoms with Crippen molar-refractivity contribution in [2.45, 2.75) is 13.3 Å². The normalized spacial score (nSPS) is 10.8. The maximum absolute atomic E-state index is 6.01. The number of nitrogens with zero attached hydrogens (tertiary/aromatic N) is 1. The van der Waals surface area contributed by atoms with Crippen LogP contribution in [0, 0.1) is 0 Å². The van der Waals surface area contributed by atoms with Gasteiger partial charge in [-0.05, 0) is 18.1 Å². The van der Waals surface area contributed by atoms with Gasteiger partial charge in [0.2, 0.25) is 0 Å². The lowest BCUT2D eigenvalue weighted by Crippen LogP contribution is -1.90. The molecule has 0 fully saturated rings. The second kappa shape index (κ2) is 5.74. The fraction of sp³-hybridized carbons (Fsp3) is 0.118. The summed E-state index contributed by atoms with van der Waals surface area (Å²) in [5.74, 6) is 1.10. The summed E-state index contributed by atoms with van der Waals surface area (Å²) in [6.45, 7) is 2.13. The Morgan fingerprint density at radius 2 is 1.81 bits per heavy atom. The van der Waals surface area contributed by atoms with Gasteiger partial charge >= 0.3 is 0 Å². The Morgan fingerprint density at radius 1 is 1.10 bits per heavy atom. The number of rotatable bonds is 3. The number of hydrogen-bond donors (Lipinski definition) is 1. The summed E-state index contributed by atoms with van der Waals surface area (Å²) in [6.07, 6.45) is 1.01. The molecular weight excluding hydrogens is 328 g/mol. The summed E-state index contributed by atoms with van der Waals surface area (Å²) >= 11 is 3.56. The average molecular weight is 343 g/mol. The van der Waals surface area contributed by atoms with Crippen LogP contribution in [-0.4, -0.2) is 5.16 Å². The first-order chi connectivity index (χ1) is 10.2. The molecule has 0 radical (unpaired) electrons. The number of nitrogen functional groups attached to an aromatic ring is 1. The fourth-order valence-corrected chi connectivity index (χ4v) is 2.80. The minimum Gasteiger partial charge on any atom is -0.380 e. The number of aryl methyl sites for hydroxylation is 1. The number of anilines is 1. The zero-order valence-corrected chi connectivity index (χ0v) is 13.2. The Kier molecular flexibility index (Phi) is 3.80. The van der Waals surface area contributed by atoms with Crippen molar-refractivity contribution < 1.29 is 4.52 Å². The van der Waals surface area contributed by atoms with Crippen molar-refractivity contribution in [2.75, 3.05) is 5.73 Å².